The van der Waals surface area contributed by atoms with E-state index in [0.29, 0.717) is 22.2 Å². The van der Waals surface area contributed by atoms with Crippen LogP contribution in [0.3, 0.4) is 0 Å². The van der Waals surface area contributed by atoms with E-state index in [0.717, 1.165) is 0 Å². The van der Waals surface area contributed by atoms with Crippen LogP contribution in [0.2, 0.25) is 5.02 Å². The molecule has 0 radical (unpaired) electrons. The molecule has 3 rings (SSSR count). The molecule has 0 spiro atoms. The maximum Gasteiger partial charge on any atom is 0.261 e. The fourth-order valence-electron chi connectivity index (χ4n) is 2.30. The van der Waals surface area contributed by atoms with Gasteiger partial charge in [0, 0.05) is 12.6 Å². The highest BCUT2D eigenvalue weighted by atomic mass is 35.5. The van der Waals surface area contributed by atoms with E-state index in [2.05, 4.69) is 4.98 Å². The van der Waals surface area contributed by atoms with Crippen LogP contribution in [-0.4, -0.2) is 9.55 Å². The third-order valence-electron chi connectivity index (χ3n) is 3.59. The number of aromatic nitrogens is 2. The zero-order chi connectivity index (χ0) is 16.7. The fraction of sp³-hybridized carbons (Fsp3) is 0.125. The molecule has 23 heavy (non-hydrogen) atoms. The molecule has 0 fully saturated rings. The third-order valence-corrected chi connectivity index (χ3v) is 3.98. The minimum Gasteiger partial charge on any atom is -0.452 e. The minimum atomic E-state index is -0.636. The van der Waals surface area contributed by atoms with Crippen molar-refractivity contribution < 1.29 is 9.13 Å². The molecular weight excluding hydrogens is 321 g/mol. The lowest BCUT2D eigenvalue weighted by Gasteiger charge is -2.13. The number of hydrogen-bond acceptors (Lipinski definition) is 4. The molecule has 0 aliphatic rings. The summed E-state index contributed by atoms with van der Waals surface area (Å²) < 4.78 is 20.9. The quantitative estimate of drug-likeness (QED) is 0.730. The second-order valence-corrected chi connectivity index (χ2v) is 5.50. The van der Waals surface area contributed by atoms with Crippen LogP contribution < -0.4 is 16.0 Å². The molecule has 0 unspecified atom stereocenters. The fourth-order valence-corrected chi connectivity index (χ4v) is 2.49. The number of halogens is 2. The van der Waals surface area contributed by atoms with E-state index in [-0.39, 0.29) is 22.0 Å². The summed E-state index contributed by atoms with van der Waals surface area (Å²) in [4.78, 5) is 16.5. The van der Waals surface area contributed by atoms with Gasteiger partial charge in [-0.05, 0) is 31.2 Å². The third kappa shape index (κ3) is 2.51. The van der Waals surface area contributed by atoms with Gasteiger partial charge < -0.3 is 15.0 Å². The van der Waals surface area contributed by atoms with Crippen molar-refractivity contribution in [3.8, 4) is 11.5 Å². The van der Waals surface area contributed by atoms with Crippen LogP contribution in [0.25, 0.3) is 10.9 Å². The van der Waals surface area contributed by atoms with Crippen molar-refractivity contribution in [1.29, 1.82) is 0 Å². The van der Waals surface area contributed by atoms with Gasteiger partial charge in [-0.3, -0.25) is 4.79 Å². The number of rotatable bonds is 2. The molecule has 0 aliphatic heterocycles. The predicted molar refractivity (Wildman–Crippen MR) is 87.6 cm³/mol. The van der Waals surface area contributed by atoms with Crippen molar-refractivity contribution in [2.24, 2.45) is 7.05 Å². The van der Waals surface area contributed by atoms with Gasteiger partial charge in [0.05, 0.1) is 22.9 Å². The van der Waals surface area contributed by atoms with Gasteiger partial charge in [-0.2, -0.15) is 0 Å². The Bertz CT molecular complexity index is 985. The van der Waals surface area contributed by atoms with Crippen molar-refractivity contribution >= 4 is 28.2 Å². The van der Waals surface area contributed by atoms with Crippen LogP contribution >= 0.6 is 11.6 Å². The number of ether oxygens (including phenoxy) is 1. The molecule has 0 saturated heterocycles. The average Bonchev–Trinajstić information content (AvgIpc) is 2.53. The van der Waals surface area contributed by atoms with E-state index in [1.165, 1.54) is 23.0 Å². The van der Waals surface area contributed by atoms with Gasteiger partial charge in [-0.25, -0.2) is 9.37 Å². The minimum absolute atomic E-state index is 0.0106. The van der Waals surface area contributed by atoms with Crippen LogP contribution in [0, 0.1) is 12.7 Å². The van der Waals surface area contributed by atoms with Crippen LogP contribution in [0.5, 0.6) is 11.5 Å². The second-order valence-electron chi connectivity index (χ2n) is 5.13. The summed E-state index contributed by atoms with van der Waals surface area (Å²) in [7, 11) is 1.61. The number of fused-ring (bicyclic) bond motifs is 1. The number of benzene rings is 2. The number of nitrogens with zero attached hydrogens (tertiary/aromatic N) is 2. The number of nitrogen functional groups attached to an aromatic ring is 1. The summed E-state index contributed by atoms with van der Waals surface area (Å²) in [6.07, 6.45) is 1.44. The summed E-state index contributed by atoms with van der Waals surface area (Å²) in [5, 5.41) is 0.400. The first kappa shape index (κ1) is 15.3. The van der Waals surface area contributed by atoms with Crippen LogP contribution in [0.4, 0.5) is 10.1 Å². The maximum absolute atomic E-state index is 14.0. The Morgan fingerprint density at radius 1 is 1.30 bits per heavy atom. The summed E-state index contributed by atoms with van der Waals surface area (Å²) in [6, 6.07) is 5.78. The molecular formula is C16H13ClFN3O2. The Hall–Kier alpha value is -2.60. The lowest BCUT2D eigenvalue weighted by atomic mass is 10.1. The highest BCUT2D eigenvalue weighted by molar-refractivity contribution is 6.34. The Kier molecular flexibility index (Phi) is 3.69. The molecule has 0 atom stereocenters. The topological polar surface area (TPSA) is 70.1 Å². The van der Waals surface area contributed by atoms with Crippen molar-refractivity contribution in [1.82, 2.24) is 9.55 Å². The van der Waals surface area contributed by atoms with Gasteiger partial charge in [-0.15, -0.1) is 0 Å². The highest BCUT2D eigenvalue weighted by Gasteiger charge is 2.16. The van der Waals surface area contributed by atoms with Gasteiger partial charge in [0.15, 0.2) is 11.6 Å². The van der Waals surface area contributed by atoms with Crippen LogP contribution in [0.15, 0.2) is 35.4 Å². The van der Waals surface area contributed by atoms with Gasteiger partial charge >= 0.3 is 0 Å². The number of anilines is 1. The van der Waals surface area contributed by atoms with E-state index in [4.69, 9.17) is 22.1 Å². The van der Waals surface area contributed by atoms with Crippen molar-refractivity contribution in [3.63, 3.8) is 0 Å². The maximum atomic E-state index is 14.0. The number of nitrogens with two attached hydrogens (primary N) is 1. The Morgan fingerprint density at radius 2 is 2.04 bits per heavy atom. The van der Waals surface area contributed by atoms with E-state index in [1.54, 1.807) is 26.1 Å². The monoisotopic (exact) mass is 333 g/mol. The lowest BCUT2D eigenvalue weighted by molar-refractivity contribution is 0.441. The summed E-state index contributed by atoms with van der Waals surface area (Å²) in [5.41, 5.74) is 6.76. The van der Waals surface area contributed by atoms with E-state index < -0.39 is 5.82 Å². The molecule has 118 valence electrons. The van der Waals surface area contributed by atoms with Crippen molar-refractivity contribution in [2.45, 2.75) is 6.92 Å². The Morgan fingerprint density at radius 3 is 2.78 bits per heavy atom. The molecule has 0 aliphatic carbocycles. The molecule has 0 bridgehead atoms. The van der Waals surface area contributed by atoms with Crippen LogP contribution in [-0.2, 0) is 7.05 Å². The molecule has 1 heterocycles. The molecule has 7 heteroatoms. The van der Waals surface area contributed by atoms with Gasteiger partial charge in [-0.1, -0.05) is 11.6 Å². The molecule has 2 aromatic carbocycles. The van der Waals surface area contributed by atoms with Crippen molar-refractivity contribution in [3.05, 3.63) is 57.3 Å². The summed E-state index contributed by atoms with van der Waals surface area (Å²) in [5.74, 6) is -0.494. The first-order chi connectivity index (χ1) is 10.9. The zero-order valence-electron chi connectivity index (χ0n) is 12.4. The molecule has 2 N–H and O–H groups in total. The van der Waals surface area contributed by atoms with Gasteiger partial charge in [0.25, 0.3) is 5.56 Å². The Labute approximate surface area is 136 Å². The molecule has 1 aromatic heterocycles. The SMILES string of the molecule is Cc1c(Oc2c(F)ccc(N)c2Cl)ccc2ncn(C)c(=O)c12. The standard InChI is InChI=1S/C16H13ClFN3O2/c1-8-12(23-15-9(18)3-4-10(19)14(15)17)6-5-11-13(8)16(22)21(2)7-20-11/h3-7H,19H2,1-2H3. The second kappa shape index (κ2) is 5.55. The molecule has 3 aromatic rings. The lowest BCUT2D eigenvalue weighted by Crippen LogP contribution is -2.18. The zero-order valence-corrected chi connectivity index (χ0v) is 13.2. The largest absolute Gasteiger partial charge is 0.452 e. The predicted octanol–water partition coefficient (Wildman–Crippen LogP) is 3.41. The van der Waals surface area contributed by atoms with E-state index >= 15 is 0 Å². The smallest absolute Gasteiger partial charge is 0.261 e. The summed E-state index contributed by atoms with van der Waals surface area (Å²) in [6.45, 7) is 1.71. The van der Waals surface area contributed by atoms with Gasteiger partial charge in [0.2, 0.25) is 0 Å². The normalized spacial score (nSPS) is 11.0. The number of aryl methyl sites for hydroxylation is 2. The van der Waals surface area contributed by atoms with E-state index in [9.17, 15) is 9.18 Å². The highest BCUT2D eigenvalue weighted by Crippen LogP contribution is 2.37. The Balaban J connectivity index is 2.19. The number of hydrogen-bond donors (Lipinski definition) is 1. The van der Waals surface area contributed by atoms with E-state index in [1.807, 2.05) is 0 Å². The van der Waals surface area contributed by atoms with Crippen molar-refractivity contribution in [2.75, 3.05) is 5.73 Å². The average molecular weight is 334 g/mol. The first-order valence-electron chi connectivity index (χ1n) is 6.76. The van der Waals surface area contributed by atoms with Crippen LogP contribution in [0.1, 0.15) is 5.56 Å². The molecule has 0 amide bonds. The van der Waals surface area contributed by atoms with Gasteiger partial charge in [0.1, 0.15) is 10.8 Å². The first-order valence-corrected chi connectivity index (χ1v) is 7.14. The summed E-state index contributed by atoms with van der Waals surface area (Å²) >= 11 is 6.01. The molecule has 0 saturated carbocycles. The molecule has 5 nitrogen and oxygen atoms in total.